The maximum Gasteiger partial charge on any atom is 0.339 e. The van der Waals surface area contributed by atoms with Crippen molar-refractivity contribution in [2.24, 2.45) is 0 Å². The maximum atomic E-state index is 11.1. The van der Waals surface area contributed by atoms with Gasteiger partial charge in [-0.15, -0.1) is 0 Å². The Kier molecular flexibility index (Phi) is 4.07. The minimum Gasteiger partial charge on any atom is -0.478 e. The van der Waals surface area contributed by atoms with Crippen LogP contribution in [-0.2, 0) is 6.42 Å². The molecule has 0 fully saturated rings. The van der Waals surface area contributed by atoms with Crippen LogP contribution in [0, 0.1) is 17.0 Å². The Balaban J connectivity index is 2.08. The van der Waals surface area contributed by atoms with Gasteiger partial charge in [0.15, 0.2) is 5.82 Å². The largest absolute Gasteiger partial charge is 0.478 e. The van der Waals surface area contributed by atoms with Crippen LogP contribution in [-0.4, -0.2) is 37.7 Å². The minimum absolute atomic E-state index is 0.0457. The van der Waals surface area contributed by atoms with E-state index in [0.29, 0.717) is 24.7 Å². The summed E-state index contributed by atoms with van der Waals surface area (Å²) >= 11 is 0. The molecule has 0 spiro atoms. The first-order chi connectivity index (χ1) is 9.97. The lowest BCUT2D eigenvalue weighted by Crippen LogP contribution is -2.12. The molecule has 110 valence electrons. The second-order valence-electron chi connectivity index (χ2n) is 4.06. The molecule has 0 unspecified atom stereocenters. The molecule has 0 aliphatic heterocycles. The molecule has 0 bridgehead atoms. The zero-order chi connectivity index (χ0) is 15.4. The molecule has 2 N–H and O–H groups in total. The molecule has 10 nitrogen and oxygen atoms in total. The first-order valence-electron chi connectivity index (χ1n) is 5.88. The summed E-state index contributed by atoms with van der Waals surface area (Å²) in [6.45, 7) is 1.98. The number of carboxylic acid groups (broad SMARTS) is 1. The fraction of sp³-hybridized carbons (Fsp3) is 0.273. The summed E-state index contributed by atoms with van der Waals surface area (Å²) in [6, 6.07) is 0.953. The fourth-order valence-corrected chi connectivity index (χ4v) is 1.59. The Morgan fingerprint density at radius 3 is 2.90 bits per heavy atom. The number of aromatic carboxylic acids is 1. The number of carboxylic acids is 1. The van der Waals surface area contributed by atoms with Crippen LogP contribution in [0.15, 0.2) is 16.8 Å². The van der Waals surface area contributed by atoms with Crippen molar-refractivity contribution >= 4 is 17.5 Å². The number of hydrogen-bond acceptors (Lipinski definition) is 8. The van der Waals surface area contributed by atoms with Gasteiger partial charge in [0.2, 0.25) is 5.89 Å². The van der Waals surface area contributed by atoms with E-state index in [9.17, 15) is 14.9 Å². The number of rotatable bonds is 6. The van der Waals surface area contributed by atoms with Crippen LogP contribution < -0.4 is 5.32 Å². The smallest absolute Gasteiger partial charge is 0.339 e. The first kappa shape index (κ1) is 14.4. The van der Waals surface area contributed by atoms with Crippen molar-refractivity contribution in [3.8, 4) is 0 Å². The van der Waals surface area contributed by atoms with Gasteiger partial charge in [-0.2, -0.15) is 4.98 Å². The Morgan fingerprint density at radius 2 is 2.33 bits per heavy atom. The third-order valence-electron chi connectivity index (χ3n) is 2.52. The van der Waals surface area contributed by atoms with E-state index in [2.05, 4.69) is 20.4 Å². The molecular formula is C11H11N5O5. The summed E-state index contributed by atoms with van der Waals surface area (Å²) < 4.78 is 4.90. The van der Waals surface area contributed by atoms with Gasteiger partial charge in [0, 0.05) is 19.0 Å². The second kappa shape index (κ2) is 5.94. The molecule has 2 heterocycles. The van der Waals surface area contributed by atoms with Crippen molar-refractivity contribution < 1.29 is 19.3 Å². The molecule has 2 aromatic rings. The van der Waals surface area contributed by atoms with Gasteiger partial charge in [-0.25, -0.2) is 9.78 Å². The van der Waals surface area contributed by atoms with Crippen LogP contribution in [0.2, 0.25) is 0 Å². The molecule has 2 rings (SSSR count). The third kappa shape index (κ3) is 3.49. The predicted molar refractivity (Wildman–Crippen MR) is 69.1 cm³/mol. The molecule has 0 aliphatic carbocycles. The number of carbonyl (C=O) groups is 1. The van der Waals surface area contributed by atoms with Crippen LogP contribution in [0.3, 0.4) is 0 Å². The standard InChI is InChI=1S/C11H11N5O5/c1-6-14-9(21-15-6)2-3-12-10-8(11(17)18)4-7(5-13-10)16(19)20/h4-5H,2-3H2,1H3,(H,12,13)(H,17,18). The van der Waals surface area contributed by atoms with E-state index in [1.807, 2.05) is 0 Å². The van der Waals surface area contributed by atoms with Crippen LogP contribution in [0.4, 0.5) is 11.5 Å². The molecule has 21 heavy (non-hydrogen) atoms. The highest BCUT2D eigenvalue weighted by Crippen LogP contribution is 2.19. The number of pyridine rings is 1. The number of aromatic nitrogens is 3. The van der Waals surface area contributed by atoms with Gasteiger partial charge in [-0.3, -0.25) is 10.1 Å². The fourth-order valence-electron chi connectivity index (χ4n) is 1.59. The van der Waals surface area contributed by atoms with Crippen molar-refractivity contribution in [1.29, 1.82) is 0 Å². The quantitative estimate of drug-likeness (QED) is 0.589. The molecule has 10 heteroatoms. The van der Waals surface area contributed by atoms with E-state index in [1.165, 1.54) is 0 Å². The van der Waals surface area contributed by atoms with E-state index in [-0.39, 0.29) is 17.1 Å². The van der Waals surface area contributed by atoms with E-state index in [1.54, 1.807) is 6.92 Å². The number of nitrogens with one attached hydrogen (secondary N) is 1. The number of nitrogens with zero attached hydrogens (tertiary/aromatic N) is 4. The van der Waals surface area contributed by atoms with Gasteiger partial charge in [-0.1, -0.05) is 5.16 Å². The van der Waals surface area contributed by atoms with Crippen molar-refractivity contribution in [1.82, 2.24) is 15.1 Å². The molecule has 0 saturated heterocycles. The Bertz CT molecular complexity index is 683. The molecule has 0 amide bonds. The van der Waals surface area contributed by atoms with Gasteiger partial charge in [0.1, 0.15) is 17.6 Å². The lowest BCUT2D eigenvalue weighted by Gasteiger charge is -2.06. The van der Waals surface area contributed by atoms with Crippen LogP contribution in [0.5, 0.6) is 0 Å². The van der Waals surface area contributed by atoms with Crippen molar-refractivity contribution in [3.05, 3.63) is 39.7 Å². The summed E-state index contributed by atoms with van der Waals surface area (Å²) in [4.78, 5) is 28.7. The molecule has 0 aromatic carbocycles. The Hall–Kier alpha value is -3.04. The highest BCUT2D eigenvalue weighted by Gasteiger charge is 2.17. The lowest BCUT2D eigenvalue weighted by molar-refractivity contribution is -0.385. The minimum atomic E-state index is -1.30. The number of aryl methyl sites for hydroxylation is 1. The summed E-state index contributed by atoms with van der Waals surface area (Å²) in [5, 5.41) is 26.1. The second-order valence-corrected chi connectivity index (χ2v) is 4.06. The summed E-state index contributed by atoms with van der Waals surface area (Å²) in [7, 11) is 0. The summed E-state index contributed by atoms with van der Waals surface area (Å²) in [6.07, 6.45) is 1.37. The molecule has 0 radical (unpaired) electrons. The van der Waals surface area contributed by atoms with Gasteiger partial charge in [0.25, 0.3) is 5.69 Å². The third-order valence-corrected chi connectivity index (χ3v) is 2.52. The monoisotopic (exact) mass is 293 g/mol. The lowest BCUT2D eigenvalue weighted by atomic mass is 10.2. The summed E-state index contributed by atoms with van der Waals surface area (Å²) in [5.74, 6) is -0.352. The zero-order valence-corrected chi connectivity index (χ0v) is 10.9. The zero-order valence-electron chi connectivity index (χ0n) is 10.9. The Labute approximate surface area is 118 Å². The SMILES string of the molecule is Cc1noc(CCNc2ncc([N+](=O)[O-])cc2C(=O)O)n1. The van der Waals surface area contributed by atoms with E-state index < -0.39 is 10.9 Å². The molecule has 0 atom stereocenters. The van der Waals surface area contributed by atoms with E-state index in [0.717, 1.165) is 12.3 Å². The van der Waals surface area contributed by atoms with Crippen LogP contribution in [0.25, 0.3) is 0 Å². The first-order valence-corrected chi connectivity index (χ1v) is 5.88. The van der Waals surface area contributed by atoms with Gasteiger partial charge < -0.3 is 14.9 Å². The van der Waals surface area contributed by atoms with Crippen molar-refractivity contribution in [2.75, 3.05) is 11.9 Å². The van der Waals surface area contributed by atoms with Gasteiger partial charge in [-0.05, 0) is 6.92 Å². The van der Waals surface area contributed by atoms with Crippen molar-refractivity contribution in [2.45, 2.75) is 13.3 Å². The van der Waals surface area contributed by atoms with Gasteiger partial charge in [0.05, 0.1) is 4.92 Å². The highest BCUT2D eigenvalue weighted by atomic mass is 16.6. The molecule has 0 saturated carbocycles. The molecular weight excluding hydrogens is 282 g/mol. The van der Waals surface area contributed by atoms with Gasteiger partial charge >= 0.3 is 5.97 Å². The average Bonchev–Trinajstić information content (AvgIpc) is 2.84. The number of anilines is 1. The van der Waals surface area contributed by atoms with Crippen LogP contribution in [0.1, 0.15) is 22.1 Å². The topological polar surface area (TPSA) is 144 Å². The van der Waals surface area contributed by atoms with Crippen molar-refractivity contribution in [3.63, 3.8) is 0 Å². The average molecular weight is 293 g/mol. The highest BCUT2D eigenvalue weighted by molar-refractivity contribution is 5.93. The number of hydrogen-bond donors (Lipinski definition) is 2. The molecule has 0 aliphatic rings. The summed E-state index contributed by atoms with van der Waals surface area (Å²) in [5.41, 5.74) is -0.656. The predicted octanol–water partition coefficient (Wildman–Crippen LogP) is 1.03. The normalized spacial score (nSPS) is 10.3. The maximum absolute atomic E-state index is 11.1. The number of nitro groups is 1. The van der Waals surface area contributed by atoms with E-state index >= 15 is 0 Å². The van der Waals surface area contributed by atoms with Crippen LogP contribution >= 0.6 is 0 Å². The van der Waals surface area contributed by atoms with E-state index in [4.69, 9.17) is 9.63 Å². The molecule has 2 aromatic heterocycles. The Morgan fingerprint density at radius 1 is 1.57 bits per heavy atom.